The minimum atomic E-state index is -1.77. The number of hydrogen-bond donors (Lipinski definition) is 5. The third-order valence-corrected chi connectivity index (χ3v) is 17.2. The Balaban J connectivity index is 3.00. The molecule has 23 heteroatoms. The van der Waals surface area contributed by atoms with Crippen LogP contribution in [-0.4, -0.2) is 225 Å². The molecular weight excluding hydrogens is 1100 g/mol. The molecular formula is C63H111N11O12. The van der Waals surface area contributed by atoms with Crippen molar-refractivity contribution in [1.82, 2.24) is 55.6 Å². The highest BCUT2D eigenvalue weighted by atomic mass is 16.3. The Hall–Kier alpha value is -6.13. The van der Waals surface area contributed by atoms with Crippen LogP contribution in [0.1, 0.15) is 163 Å². The van der Waals surface area contributed by atoms with E-state index in [1.54, 1.807) is 55.4 Å². The van der Waals surface area contributed by atoms with E-state index in [9.17, 15) is 48.3 Å². The summed E-state index contributed by atoms with van der Waals surface area (Å²) in [5.41, 5.74) is -1.77. The maximum atomic E-state index is 15.2. The Morgan fingerprint density at radius 3 is 1.41 bits per heavy atom. The zero-order valence-electron chi connectivity index (χ0n) is 56.6. The first-order chi connectivity index (χ1) is 39.7. The number of amides is 11. The van der Waals surface area contributed by atoms with Gasteiger partial charge in [0.05, 0.1) is 5.60 Å². The summed E-state index contributed by atoms with van der Waals surface area (Å²) in [6.45, 7) is 31.2. The van der Waals surface area contributed by atoms with E-state index in [0.717, 1.165) is 4.90 Å². The number of carbonyl (C=O) groups excluding carboxylic acids is 11. The molecule has 2 rings (SSSR count). The van der Waals surface area contributed by atoms with E-state index in [-0.39, 0.29) is 56.4 Å². The highest BCUT2D eigenvalue weighted by molar-refractivity contribution is 6.00. The number of rotatable bonds is 14. The molecule has 2 aliphatic rings. The quantitative estimate of drug-likeness (QED) is 0.157. The molecule has 5 N–H and O–H groups in total. The summed E-state index contributed by atoms with van der Waals surface area (Å²) in [6.07, 6.45) is 4.65. The molecule has 0 bridgehead atoms. The summed E-state index contributed by atoms with van der Waals surface area (Å²) >= 11 is 0. The molecule has 86 heavy (non-hydrogen) atoms. The van der Waals surface area contributed by atoms with E-state index in [0.29, 0.717) is 6.42 Å². The SMILES string of the molecule is C/C=C/C[C@H]1C[C@@]1(O)[C@H]1C(=O)N[C@@H](CC)C(=O)N(C)[C@H](C)C(=O)N(CC)[C@@H](C(C)C)C(=O)N[C@@H](C(C)C)C(=O)N(C)[C@@H](CC(C)C)C(=O)N[C@@H](C)C(=O)N[C@H](C)C(=O)N(C)[C@@H](CC(C)C)C(=O)N(C)[C@@H](CC(C)C)C(=O)N(C)[C@@H](C(C)C)C(=O)N1C. The van der Waals surface area contributed by atoms with E-state index in [2.05, 4.69) is 21.3 Å². The second kappa shape index (κ2) is 32.7. The topological polar surface area (TPSA) is 279 Å². The van der Waals surface area contributed by atoms with Gasteiger partial charge in [-0.2, -0.15) is 0 Å². The van der Waals surface area contributed by atoms with Gasteiger partial charge in [-0.1, -0.05) is 102 Å². The van der Waals surface area contributed by atoms with E-state index in [1.165, 1.54) is 92.5 Å². The summed E-state index contributed by atoms with van der Waals surface area (Å²) in [4.78, 5) is 170. The normalized spacial score (nSPS) is 30.1. The Morgan fingerprint density at radius 1 is 0.488 bits per heavy atom. The summed E-state index contributed by atoms with van der Waals surface area (Å²) in [5, 5.41) is 23.5. The van der Waals surface area contributed by atoms with Crippen LogP contribution < -0.4 is 21.3 Å². The van der Waals surface area contributed by atoms with Gasteiger partial charge in [0.2, 0.25) is 65.0 Å². The number of hydrogen-bond acceptors (Lipinski definition) is 12. The Labute approximate surface area is 514 Å². The van der Waals surface area contributed by atoms with Gasteiger partial charge in [-0.25, -0.2) is 0 Å². The largest absolute Gasteiger partial charge is 0.387 e. The molecule has 1 heterocycles. The van der Waals surface area contributed by atoms with Crippen molar-refractivity contribution >= 4 is 65.0 Å². The molecule has 13 atom stereocenters. The van der Waals surface area contributed by atoms with Gasteiger partial charge in [0, 0.05) is 48.8 Å². The van der Waals surface area contributed by atoms with Crippen molar-refractivity contribution in [2.24, 2.45) is 41.4 Å². The fraction of sp³-hybridized carbons (Fsp3) is 0.794. The van der Waals surface area contributed by atoms with Crippen LogP contribution in [-0.2, 0) is 52.7 Å². The van der Waals surface area contributed by atoms with E-state index in [4.69, 9.17) is 0 Å². The van der Waals surface area contributed by atoms with Gasteiger partial charge in [-0.15, -0.1) is 0 Å². The van der Waals surface area contributed by atoms with E-state index in [1.807, 2.05) is 60.6 Å². The van der Waals surface area contributed by atoms with Crippen molar-refractivity contribution in [3.63, 3.8) is 0 Å². The number of carbonyl (C=O) groups is 11. The van der Waals surface area contributed by atoms with Crippen molar-refractivity contribution in [3.05, 3.63) is 12.2 Å². The summed E-state index contributed by atoms with van der Waals surface area (Å²) in [7, 11) is 8.58. The minimum absolute atomic E-state index is 0.0146. The molecule has 1 aliphatic carbocycles. The number of likely N-dealkylation sites (N-methyl/N-ethyl adjacent to an activating group) is 7. The lowest BCUT2D eigenvalue weighted by atomic mass is 9.94. The average molecular weight is 1210 g/mol. The van der Waals surface area contributed by atoms with Crippen molar-refractivity contribution < 1.29 is 57.8 Å². The maximum absolute atomic E-state index is 15.2. The fourth-order valence-corrected chi connectivity index (χ4v) is 11.7. The van der Waals surface area contributed by atoms with Crippen molar-refractivity contribution in [2.45, 2.75) is 235 Å². The van der Waals surface area contributed by atoms with Gasteiger partial charge < -0.3 is 60.7 Å². The van der Waals surface area contributed by atoms with Crippen LogP contribution in [0.5, 0.6) is 0 Å². The molecule has 23 nitrogen and oxygen atoms in total. The van der Waals surface area contributed by atoms with E-state index >= 15 is 9.59 Å². The van der Waals surface area contributed by atoms with E-state index < -0.39 is 161 Å². The van der Waals surface area contributed by atoms with Crippen LogP contribution >= 0.6 is 0 Å². The first-order valence-corrected chi connectivity index (χ1v) is 31.2. The summed E-state index contributed by atoms with van der Waals surface area (Å²) < 4.78 is 0. The van der Waals surface area contributed by atoms with Crippen molar-refractivity contribution in [2.75, 3.05) is 48.8 Å². The second-order valence-corrected chi connectivity index (χ2v) is 26.6. The molecule has 0 aromatic carbocycles. The first-order valence-electron chi connectivity index (χ1n) is 31.2. The first kappa shape index (κ1) is 76.0. The monoisotopic (exact) mass is 1210 g/mol. The number of nitrogens with one attached hydrogen (secondary N) is 4. The fourth-order valence-electron chi connectivity index (χ4n) is 11.7. The molecule has 0 spiro atoms. The van der Waals surface area contributed by atoms with Crippen LogP contribution in [0.4, 0.5) is 0 Å². The van der Waals surface area contributed by atoms with Gasteiger partial charge >= 0.3 is 0 Å². The highest BCUT2D eigenvalue weighted by Gasteiger charge is 2.62. The Bertz CT molecular complexity index is 2430. The van der Waals surface area contributed by atoms with Crippen LogP contribution in [0, 0.1) is 41.4 Å². The molecule has 0 unspecified atom stereocenters. The smallest absolute Gasteiger partial charge is 0.246 e. The highest BCUT2D eigenvalue weighted by Crippen LogP contribution is 2.50. The van der Waals surface area contributed by atoms with Gasteiger partial charge in [0.25, 0.3) is 0 Å². The minimum Gasteiger partial charge on any atom is -0.387 e. The molecule has 490 valence electrons. The van der Waals surface area contributed by atoms with Crippen molar-refractivity contribution in [3.8, 4) is 0 Å². The van der Waals surface area contributed by atoms with Crippen LogP contribution in [0.15, 0.2) is 12.2 Å². The molecule has 0 aromatic heterocycles. The number of allylic oxidation sites excluding steroid dienone is 2. The van der Waals surface area contributed by atoms with Crippen molar-refractivity contribution in [1.29, 1.82) is 0 Å². The van der Waals surface area contributed by atoms with Gasteiger partial charge in [0.1, 0.15) is 66.5 Å². The molecule has 11 amide bonds. The van der Waals surface area contributed by atoms with Crippen LogP contribution in [0.25, 0.3) is 0 Å². The lowest BCUT2D eigenvalue weighted by molar-refractivity contribution is -0.158. The lowest BCUT2D eigenvalue weighted by Crippen LogP contribution is -2.64. The molecule has 2 fully saturated rings. The molecule has 0 aromatic rings. The Morgan fingerprint density at radius 2 is 0.953 bits per heavy atom. The number of aliphatic hydroxyl groups is 1. The molecule has 1 saturated heterocycles. The molecule has 1 aliphatic heterocycles. The maximum Gasteiger partial charge on any atom is 0.246 e. The third-order valence-electron chi connectivity index (χ3n) is 17.2. The van der Waals surface area contributed by atoms with Crippen LogP contribution in [0.3, 0.4) is 0 Å². The van der Waals surface area contributed by atoms with Gasteiger partial charge in [-0.3, -0.25) is 52.7 Å². The van der Waals surface area contributed by atoms with Crippen LogP contribution in [0.2, 0.25) is 0 Å². The summed E-state index contributed by atoms with van der Waals surface area (Å²) in [5.74, 6) is -9.83. The standard InChI is InChI=1S/C63H111N11O12/c1-25-28-29-43-33-63(43,86)51-55(78)66-44(26-2)58(81)68(19)42(18)57(80)74(27-3)49(38(12)13)54(77)67-48(37(10)11)61(84)69(20)45(30-34(4)5)53(76)64-40(16)52(75)65-41(17)56(79)70(21)46(31-35(6)7)59(82)71(22)47(32-36(8)9)60(83)72(23)50(39(14)15)62(85)73(51)24/h25,28,34-51,86H,26-27,29-33H2,1-24H3,(H,64,76)(H,65,75)(H,66,78)(H,67,77)/b28-25+/t40-,41+,42+,43-,44-,45-,46-,47-,48-,49-,50-,51+,63-/m0/s1. The summed E-state index contributed by atoms with van der Waals surface area (Å²) in [6, 6.07) is -13.5. The van der Waals surface area contributed by atoms with Gasteiger partial charge in [-0.05, 0) is 115 Å². The Kier molecular flexibility index (Phi) is 28.9. The third kappa shape index (κ3) is 18.7. The predicted octanol–water partition coefficient (Wildman–Crippen LogP) is 3.41. The zero-order valence-corrected chi connectivity index (χ0v) is 56.6. The lowest BCUT2D eigenvalue weighted by Gasteiger charge is -2.41. The zero-order chi connectivity index (χ0) is 66.5. The molecule has 1 saturated carbocycles. The second-order valence-electron chi connectivity index (χ2n) is 26.6. The number of nitrogens with zero attached hydrogens (tertiary/aromatic N) is 7. The van der Waals surface area contributed by atoms with Gasteiger partial charge in [0.15, 0.2) is 0 Å². The molecule has 0 radical (unpaired) electrons. The average Bonchev–Trinajstić information content (AvgIpc) is 1.59. The predicted molar refractivity (Wildman–Crippen MR) is 331 cm³/mol.